The average molecular weight is 270 g/mol. The van der Waals surface area contributed by atoms with Gasteiger partial charge in [0, 0.05) is 12.1 Å². The van der Waals surface area contributed by atoms with E-state index in [9.17, 15) is 4.79 Å². The maximum absolute atomic E-state index is 11.9. The number of anilines is 1. The number of amides is 1. The van der Waals surface area contributed by atoms with Gasteiger partial charge >= 0.3 is 0 Å². The highest BCUT2D eigenvalue weighted by molar-refractivity contribution is 6.36. The molecule has 0 saturated carbocycles. The van der Waals surface area contributed by atoms with E-state index in [-0.39, 0.29) is 5.91 Å². The Balaban J connectivity index is 2.22. The summed E-state index contributed by atoms with van der Waals surface area (Å²) in [5, 5.41) is 3.61. The van der Waals surface area contributed by atoms with Crippen LogP contribution in [-0.2, 0) is 7.05 Å². The minimum absolute atomic E-state index is 0.269. The predicted molar refractivity (Wildman–Crippen MR) is 67.6 cm³/mol. The maximum atomic E-state index is 11.9. The lowest BCUT2D eigenvalue weighted by atomic mass is 10.3. The predicted octanol–water partition coefficient (Wildman–Crippen LogP) is 2.98. The number of hydrogen-bond donors (Lipinski definition) is 1. The van der Waals surface area contributed by atoms with E-state index in [1.807, 2.05) is 0 Å². The first-order valence-corrected chi connectivity index (χ1v) is 5.56. The summed E-state index contributed by atoms with van der Waals surface area (Å²) in [4.78, 5) is 15.7. The Labute approximate surface area is 108 Å². The lowest BCUT2D eigenvalue weighted by molar-refractivity contribution is 0.101. The molecule has 2 aromatic rings. The number of imidazole rings is 1. The largest absolute Gasteiger partial charge is 0.330 e. The SMILES string of the molecule is Cn1cncc1C(=O)Nc1ccc(Cl)cc1Cl. The third-order valence-corrected chi connectivity index (χ3v) is 2.78. The third kappa shape index (κ3) is 2.60. The quantitative estimate of drug-likeness (QED) is 0.911. The van der Waals surface area contributed by atoms with Crippen molar-refractivity contribution in [1.82, 2.24) is 9.55 Å². The standard InChI is InChI=1S/C11H9Cl2N3O/c1-16-6-14-5-10(16)11(17)15-9-3-2-7(12)4-8(9)13/h2-6H,1H3,(H,15,17). The Bertz CT molecular complexity index is 566. The molecule has 1 aromatic carbocycles. The summed E-state index contributed by atoms with van der Waals surface area (Å²) in [6.07, 6.45) is 3.04. The van der Waals surface area contributed by atoms with E-state index in [4.69, 9.17) is 23.2 Å². The molecule has 6 heteroatoms. The van der Waals surface area contributed by atoms with Crippen LogP contribution in [0.25, 0.3) is 0 Å². The fourth-order valence-electron chi connectivity index (χ4n) is 1.35. The Morgan fingerprint density at radius 2 is 2.18 bits per heavy atom. The molecule has 1 amide bonds. The van der Waals surface area contributed by atoms with Crippen molar-refractivity contribution in [2.45, 2.75) is 0 Å². The van der Waals surface area contributed by atoms with Gasteiger partial charge in [-0.05, 0) is 18.2 Å². The normalized spacial score (nSPS) is 10.3. The molecule has 0 bridgehead atoms. The van der Waals surface area contributed by atoms with Gasteiger partial charge in [0.15, 0.2) is 0 Å². The molecule has 0 aliphatic heterocycles. The monoisotopic (exact) mass is 269 g/mol. The van der Waals surface area contributed by atoms with Gasteiger partial charge in [-0.1, -0.05) is 23.2 Å². The van der Waals surface area contributed by atoms with Crippen LogP contribution in [0, 0.1) is 0 Å². The number of nitrogens with one attached hydrogen (secondary N) is 1. The van der Waals surface area contributed by atoms with Gasteiger partial charge in [0.25, 0.3) is 5.91 Å². The number of aromatic nitrogens is 2. The van der Waals surface area contributed by atoms with Gasteiger partial charge < -0.3 is 9.88 Å². The molecule has 0 aliphatic carbocycles. The highest BCUT2D eigenvalue weighted by atomic mass is 35.5. The van der Waals surface area contributed by atoms with Crippen LogP contribution in [0.3, 0.4) is 0 Å². The second-order valence-electron chi connectivity index (χ2n) is 3.47. The molecule has 0 radical (unpaired) electrons. The zero-order chi connectivity index (χ0) is 12.4. The van der Waals surface area contributed by atoms with Gasteiger partial charge in [0.1, 0.15) is 5.69 Å². The molecular formula is C11H9Cl2N3O. The van der Waals surface area contributed by atoms with Crippen molar-refractivity contribution in [3.05, 3.63) is 46.5 Å². The summed E-state index contributed by atoms with van der Waals surface area (Å²) in [6.45, 7) is 0. The van der Waals surface area contributed by atoms with Crippen LogP contribution < -0.4 is 5.32 Å². The van der Waals surface area contributed by atoms with Crippen molar-refractivity contribution >= 4 is 34.8 Å². The van der Waals surface area contributed by atoms with E-state index in [1.54, 1.807) is 36.1 Å². The summed E-state index contributed by atoms with van der Waals surface area (Å²) >= 11 is 11.7. The first kappa shape index (κ1) is 12.0. The molecule has 0 atom stereocenters. The zero-order valence-corrected chi connectivity index (χ0v) is 10.5. The van der Waals surface area contributed by atoms with E-state index >= 15 is 0 Å². The molecule has 0 unspecified atom stereocenters. The average Bonchev–Trinajstić information content (AvgIpc) is 2.68. The van der Waals surface area contributed by atoms with Gasteiger partial charge in [-0.25, -0.2) is 4.98 Å². The number of rotatable bonds is 2. The molecule has 4 nitrogen and oxygen atoms in total. The van der Waals surface area contributed by atoms with E-state index in [2.05, 4.69) is 10.3 Å². The lowest BCUT2D eigenvalue weighted by Crippen LogP contribution is -2.15. The lowest BCUT2D eigenvalue weighted by Gasteiger charge is -2.07. The minimum Gasteiger partial charge on any atom is -0.330 e. The molecule has 0 spiro atoms. The van der Waals surface area contributed by atoms with E-state index in [1.165, 1.54) is 6.20 Å². The minimum atomic E-state index is -0.269. The third-order valence-electron chi connectivity index (χ3n) is 2.23. The molecule has 88 valence electrons. The van der Waals surface area contributed by atoms with Gasteiger partial charge in [-0.3, -0.25) is 4.79 Å². The smallest absolute Gasteiger partial charge is 0.273 e. The first-order chi connectivity index (χ1) is 8.08. The van der Waals surface area contributed by atoms with Crippen molar-refractivity contribution in [2.75, 3.05) is 5.32 Å². The van der Waals surface area contributed by atoms with Crippen LogP contribution in [0.1, 0.15) is 10.5 Å². The molecular weight excluding hydrogens is 261 g/mol. The Hall–Kier alpha value is -1.52. The summed E-state index contributed by atoms with van der Waals surface area (Å²) < 4.78 is 1.62. The van der Waals surface area contributed by atoms with Crippen LogP contribution in [0.5, 0.6) is 0 Å². The number of halogens is 2. The second-order valence-corrected chi connectivity index (χ2v) is 4.31. The Kier molecular flexibility index (Phi) is 3.36. The van der Waals surface area contributed by atoms with Crippen LogP contribution in [0.2, 0.25) is 10.0 Å². The molecule has 1 aromatic heterocycles. The summed E-state index contributed by atoms with van der Waals surface area (Å²) in [7, 11) is 1.74. The number of hydrogen-bond acceptors (Lipinski definition) is 2. The van der Waals surface area contributed by atoms with Gasteiger partial charge in [-0.15, -0.1) is 0 Å². The summed E-state index contributed by atoms with van der Waals surface area (Å²) in [5.41, 5.74) is 0.971. The fraction of sp³-hybridized carbons (Fsp3) is 0.0909. The molecule has 2 rings (SSSR count). The van der Waals surface area contributed by atoms with Crippen LogP contribution in [-0.4, -0.2) is 15.5 Å². The van der Waals surface area contributed by atoms with Gasteiger partial charge in [0.2, 0.25) is 0 Å². The number of nitrogens with zero attached hydrogens (tertiary/aromatic N) is 2. The molecule has 1 N–H and O–H groups in total. The van der Waals surface area contributed by atoms with Crippen molar-refractivity contribution in [2.24, 2.45) is 7.05 Å². The summed E-state index contributed by atoms with van der Waals surface area (Å²) in [5.74, 6) is -0.269. The number of carbonyl (C=O) groups is 1. The summed E-state index contributed by atoms with van der Waals surface area (Å²) in [6, 6.07) is 4.88. The van der Waals surface area contributed by atoms with Crippen LogP contribution in [0.15, 0.2) is 30.7 Å². The van der Waals surface area contributed by atoms with E-state index in [0.717, 1.165) is 0 Å². The van der Waals surface area contributed by atoms with Crippen LogP contribution in [0.4, 0.5) is 5.69 Å². The zero-order valence-electron chi connectivity index (χ0n) is 8.95. The second kappa shape index (κ2) is 4.77. The highest BCUT2D eigenvalue weighted by Gasteiger charge is 2.11. The van der Waals surface area contributed by atoms with Gasteiger partial charge in [0.05, 0.1) is 23.2 Å². The first-order valence-electron chi connectivity index (χ1n) is 4.80. The van der Waals surface area contributed by atoms with Crippen LogP contribution >= 0.6 is 23.2 Å². The van der Waals surface area contributed by atoms with Crippen molar-refractivity contribution < 1.29 is 4.79 Å². The number of aryl methyl sites for hydroxylation is 1. The van der Waals surface area contributed by atoms with E-state index in [0.29, 0.717) is 21.4 Å². The molecule has 17 heavy (non-hydrogen) atoms. The van der Waals surface area contributed by atoms with Crippen molar-refractivity contribution in [1.29, 1.82) is 0 Å². The van der Waals surface area contributed by atoms with Gasteiger partial charge in [-0.2, -0.15) is 0 Å². The van der Waals surface area contributed by atoms with E-state index < -0.39 is 0 Å². The Morgan fingerprint density at radius 1 is 1.41 bits per heavy atom. The molecule has 0 fully saturated rings. The number of benzene rings is 1. The molecule has 0 saturated heterocycles. The molecule has 0 aliphatic rings. The topological polar surface area (TPSA) is 46.9 Å². The molecule has 1 heterocycles. The fourth-order valence-corrected chi connectivity index (χ4v) is 1.81. The maximum Gasteiger partial charge on any atom is 0.273 e. The highest BCUT2D eigenvalue weighted by Crippen LogP contribution is 2.25. The Morgan fingerprint density at radius 3 is 2.76 bits per heavy atom. The van der Waals surface area contributed by atoms with Crippen molar-refractivity contribution in [3.63, 3.8) is 0 Å². The van der Waals surface area contributed by atoms with Crippen molar-refractivity contribution in [3.8, 4) is 0 Å². The number of carbonyl (C=O) groups excluding carboxylic acids is 1.